The van der Waals surface area contributed by atoms with Crippen LogP contribution in [0.25, 0.3) is 22.3 Å². The molecule has 2 aromatic heterocycles. The van der Waals surface area contributed by atoms with Crippen LogP contribution in [0.3, 0.4) is 0 Å². The van der Waals surface area contributed by atoms with Crippen molar-refractivity contribution in [2.75, 3.05) is 18.5 Å². The first kappa shape index (κ1) is 41.3. The lowest BCUT2D eigenvalue weighted by Crippen LogP contribution is -2.59. The lowest BCUT2D eigenvalue weighted by molar-refractivity contribution is -0.146. The van der Waals surface area contributed by atoms with E-state index in [0.717, 1.165) is 19.3 Å². The molecule has 17 heteroatoms. The number of nitrogens with zero attached hydrogens (tertiary/aromatic N) is 4. The van der Waals surface area contributed by atoms with Gasteiger partial charge in [-0.05, 0) is 74.8 Å². The van der Waals surface area contributed by atoms with E-state index in [0.29, 0.717) is 51.4 Å². The molecule has 3 saturated carbocycles. The number of hydrogen-bond acceptors (Lipinski definition) is 12. The molecule has 4 fully saturated rings. The van der Waals surface area contributed by atoms with Gasteiger partial charge in [0.15, 0.2) is 11.7 Å². The number of amides is 3. The molecule has 58 heavy (non-hydrogen) atoms. The Morgan fingerprint density at radius 1 is 1.09 bits per heavy atom. The van der Waals surface area contributed by atoms with E-state index in [9.17, 15) is 24.3 Å². The fourth-order valence-corrected chi connectivity index (χ4v) is 9.50. The average Bonchev–Trinajstić information content (AvgIpc) is 3.83. The maximum Gasteiger partial charge on any atom is 0.408 e. The number of rotatable bonds is 14. The van der Waals surface area contributed by atoms with E-state index < -0.39 is 53.0 Å². The van der Waals surface area contributed by atoms with Crippen LogP contribution in [0.4, 0.5) is 9.93 Å². The third-order valence-corrected chi connectivity index (χ3v) is 12.8. The van der Waals surface area contributed by atoms with Gasteiger partial charge in [0.1, 0.15) is 58.1 Å². The highest BCUT2D eigenvalue weighted by Gasteiger charge is 2.61. The SMILES string of the molecule is CC[C@@H]1C[C@]1(NC(=O)[C@@H]1C[C@@H](Oc2cc(-c3csc(NC(C)C)n3)nc3c(Cl)c(OCC#N)ccc23)CN1C(=O)C(NC(=O)OC1C[C@@H]2C[C@@H]2C1)C(C)(C)C)C(=O)O. The molecule has 1 aromatic carbocycles. The fourth-order valence-electron chi connectivity index (χ4n) is 8.39. The van der Waals surface area contributed by atoms with Crippen molar-refractivity contribution < 1.29 is 38.5 Å². The molecule has 0 spiro atoms. The summed E-state index contributed by atoms with van der Waals surface area (Å²) in [5.74, 6) is -0.729. The standard InChI is InChI=1S/C41H50ClN7O8S/c1-7-23-17-41(23,37(52)53)48-35(50)29-15-25(18-49(29)36(51)34(40(4,5)6)47-39(54)57-24-13-21-12-22(21)14-24)56-31-16-27(28-19-58-38(46-28)44-20(2)3)45-33-26(31)8-9-30(32(33)42)55-11-10-43/h8-9,16,19-25,29,34H,7,11-15,17-18H2,1-6H3,(H,44,46)(H,47,54)(H,48,50)(H,52,53)/t21-,22+,23-,24?,25-,29+,34?,41-/m1/s1. The van der Waals surface area contributed by atoms with Gasteiger partial charge in [-0.15, -0.1) is 11.3 Å². The number of carboxylic acid groups (broad SMARTS) is 1. The number of nitriles is 1. The molecule has 7 rings (SSSR count). The Balaban J connectivity index is 1.21. The molecule has 3 heterocycles. The van der Waals surface area contributed by atoms with Crippen molar-refractivity contribution in [1.82, 2.24) is 25.5 Å². The highest BCUT2D eigenvalue weighted by Crippen LogP contribution is 2.52. The lowest BCUT2D eigenvalue weighted by Gasteiger charge is -2.35. The van der Waals surface area contributed by atoms with E-state index in [-0.39, 0.29) is 54.8 Å². The van der Waals surface area contributed by atoms with Crippen LogP contribution in [0.5, 0.6) is 11.5 Å². The number of benzene rings is 1. The molecule has 0 radical (unpaired) electrons. The molecule has 15 nitrogen and oxygen atoms in total. The number of hydrogen-bond donors (Lipinski definition) is 4. The number of aliphatic carboxylic acids is 1. The number of anilines is 1. The molecular formula is C41H50ClN7O8S. The van der Waals surface area contributed by atoms with Gasteiger partial charge in [-0.3, -0.25) is 9.59 Å². The Hall–Kier alpha value is -4.88. The van der Waals surface area contributed by atoms with Crippen molar-refractivity contribution in [2.45, 2.75) is 116 Å². The predicted octanol–water partition coefficient (Wildman–Crippen LogP) is 6.39. The predicted molar refractivity (Wildman–Crippen MR) is 217 cm³/mol. The summed E-state index contributed by atoms with van der Waals surface area (Å²) in [6.07, 6.45) is 1.99. The van der Waals surface area contributed by atoms with Crippen LogP contribution in [0.1, 0.15) is 80.1 Å². The van der Waals surface area contributed by atoms with Crippen LogP contribution in [0, 0.1) is 34.5 Å². The minimum absolute atomic E-state index is 0.0195. The molecule has 4 N–H and O–H groups in total. The molecule has 1 aliphatic heterocycles. The summed E-state index contributed by atoms with van der Waals surface area (Å²) in [4.78, 5) is 65.6. The van der Waals surface area contributed by atoms with Crippen molar-refractivity contribution in [3.05, 3.63) is 28.6 Å². The van der Waals surface area contributed by atoms with Gasteiger partial charge in [0.25, 0.3) is 0 Å². The Bertz CT molecular complexity index is 2140. The Labute approximate surface area is 346 Å². The molecule has 0 bridgehead atoms. The zero-order valence-electron chi connectivity index (χ0n) is 33.5. The van der Waals surface area contributed by atoms with Gasteiger partial charge in [-0.25, -0.2) is 19.6 Å². The maximum atomic E-state index is 14.7. The van der Waals surface area contributed by atoms with Crippen LogP contribution >= 0.6 is 22.9 Å². The second kappa shape index (κ2) is 16.1. The molecule has 3 aromatic rings. The second-order valence-electron chi connectivity index (χ2n) is 17.3. The van der Waals surface area contributed by atoms with Gasteiger partial charge >= 0.3 is 12.1 Å². The lowest BCUT2D eigenvalue weighted by atomic mass is 9.85. The van der Waals surface area contributed by atoms with Gasteiger partial charge in [0.05, 0.1) is 17.8 Å². The third-order valence-electron chi connectivity index (χ3n) is 11.6. The van der Waals surface area contributed by atoms with Crippen molar-refractivity contribution >= 4 is 62.8 Å². The number of thiazole rings is 1. The Kier molecular flexibility index (Phi) is 11.4. The number of likely N-dealkylation sites (tertiary alicyclic amines) is 1. The van der Waals surface area contributed by atoms with E-state index in [1.165, 1.54) is 16.2 Å². The van der Waals surface area contributed by atoms with Crippen molar-refractivity contribution in [3.63, 3.8) is 0 Å². The highest BCUT2D eigenvalue weighted by molar-refractivity contribution is 7.14. The first-order chi connectivity index (χ1) is 27.5. The molecule has 8 atom stereocenters. The number of nitrogens with one attached hydrogen (secondary N) is 3. The number of carboxylic acids is 1. The van der Waals surface area contributed by atoms with E-state index >= 15 is 0 Å². The van der Waals surface area contributed by atoms with E-state index in [1.807, 2.05) is 53.0 Å². The van der Waals surface area contributed by atoms with Gasteiger partial charge in [0, 0.05) is 29.3 Å². The monoisotopic (exact) mass is 835 g/mol. The molecule has 2 unspecified atom stereocenters. The second-order valence-corrected chi connectivity index (χ2v) is 18.6. The smallest absolute Gasteiger partial charge is 0.408 e. The zero-order chi connectivity index (χ0) is 41.7. The minimum Gasteiger partial charge on any atom is -0.488 e. The normalized spacial score (nSPS) is 26.4. The summed E-state index contributed by atoms with van der Waals surface area (Å²) in [7, 11) is 0. The number of fused-ring (bicyclic) bond motifs is 2. The number of carbonyl (C=O) groups excluding carboxylic acids is 3. The molecule has 3 amide bonds. The topological polar surface area (TPSA) is 205 Å². The zero-order valence-corrected chi connectivity index (χ0v) is 35.0. The first-order valence-corrected chi connectivity index (χ1v) is 21.1. The molecule has 310 valence electrons. The van der Waals surface area contributed by atoms with Crippen LogP contribution in [0.15, 0.2) is 23.6 Å². The van der Waals surface area contributed by atoms with Gasteiger partial charge < -0.3 is 40.2 Å². The van der Waals surface area contributed by atoms with E-state index in [4.69, 9.17) is 41.0 Å². The number of carbonyl (C=O) groups is 4. The fraction of sp³-hybridized carbons (Fsp3) is 0.585. The number of aromatic nitrogens is 2. The number of alkyl carbamates (subject to hydrolysis) is 1. The minimum atomic E-state index is -1.43. The quantitative estimate of drug-likeness (QED) is 0.139. The van der Waals surface area contributed by atoms with Gasteiger partial charge in [0.2, 0.25) is 11.8 Å². The molecule has 4 aliphatic rings. The maximum absolute atomic E-state index is 14.7. The molecule has 1 saturated heterocycles. The summed E-state index contributed by atoms with van der Waals surface area (Å²) >= 11 is 8.25. The number of ether oxygens (including phenoxy) is 3. The van der Waals surface area contributed by atoms with E-state index in [2.05, 4.69) is 16.0 Å². The highest BCUT2D eigenvalue weighted by atomic mass is 35.5. The van der Waals surface area contributed by atoms with Crippen molar-refractivity contribution in [3.8, 4) is 29.0 Å². The summed E-state index contributed by atoms with van der Waals surface area (Å²) in [6, 6.07) is 4.92. The van der Waals surface area contributed by atoms with Crippen LogP contribution in [-0.2, 0) is 19.1 Å². The molecular weight excluding hydrogens is 786 g/mol. The summed E-state index contributed by atoms with van der Waals surface area (Å²) in [5.41, 5.74) is -0.909. The largest absolute Gasteiger partial charge is 0.488 e. The van der Waals surface area contributed by atoms with Crippen LogP contribution < -0.4 is 25.4 Å². The molecule has 3 aliphatic carbocycles. The number of pyridine rings is 1. The van der Waals surface area contributed by atoms with Crippen molar-refractivity contribution in [2.24, 2.45) is 23.2 Å². The Morgan fingerprint density at radius 3 is 2.47 bits per heavy atom. The van der Waals surface area contributed by atoms with Gasteiger partial charge in [-0.1, -0.05) is 45.7 Å². The van der Waals surface area contributed by atoms with E-state index in [1.54, 1.807) is 18.2 Å². The van der Waals surface area contributed by atoms with Gasteiger partial charge in [-0.2, -0.15) is 5.26 Å². The summed E-state index contributed by atoms with van der Waals surface area (Å²) < 4.78 is 18.0. The number of halogens is 1. The Morgan fingerprint density at radius 2 is 1.83 bits per heavy atom. The summed E-state index contributed by atoms with van der Waals surface area (Å²) in [5, 5.41) is 31.4. The average molecular weight is 836 g/mol. The van der Waals surface area contributed by atoms with Crippen LogP contribution in [-0.4, -0.2) is 92.9 Å². The third kappa shape index (κ3) is 8.47. The van der Waals surface area contributed by atoms with Crippen molar-refractivity contribution in [1.29, 1.82) is 5.26 Å². The van der Waals surface area contributed by atoms with Crippen LogP contribution in [0.2, 0.25) is 5.02 Å². The summed E-state index contributed by atoms with van der Waals surface area (Å²) in [6.45, 7) is 11.0. The first-order valence-electron chi connectivity index (χ1n) is 19.9.